The average Bonchev–Trinajstić information content (AvgIpc) is 3.17. The average molecular weight is 419 g/mol. The fourth-order valence-corrected chi connectivity index (χ4v) is 3.92. The summed E-state index contributed by atoms with van der Waals surface area (Å²) in [4.78, 5) is 12.1. The number of amides is 1. The molecule has 0 radical (unpaired) electrons. The smallest absolute Gasteiger partial charge is 0.301 e. The van der Waals surface area contributed by atoms with Crippen molar-refractivity contribution in [2.24, 2.45) is 7.05 Å². The predicted octanol–water partition coefficient (Wildman–Crippen LogP) is 2.19. The van der Waals surface area contributed by atoms with Crippen LogP contribution in [0.3, 0.4) is 0 Å². The van der Waals surface area contributed by atoms with Crippen LogP contribution in [0.1, 0.15) is 24.6 Å². The van der Waals surface area contributed by atoms with Crippen LogP contribution in [0.25, 0.3) is 22.8 Å². The second-order valence-electron chi connectivity index (χ2n) is 6.53. The van der Waals surface area contributed by atoms with E-state index in [1.807, 2.05) is 16.2 Å². The van der Waals surface area contributed by atoms with Gasteiger partial charge in [-0.25, -0.2) is 9.11 Å². The van der Waals surface area contributed by atoms with E-state index >= 15 is 0 Å². The topological polar surface area (TPSA) is 98.0 Å². The number of aryl methyl sites for hydroxylation is 2. The van der Waals surface area contributed by atoms with E-state index in [1.165, 1.54) is 18.2 Å². The zero-order chi connectivity index (χ0) is 21.2. The number of fused-ring (bicyclic) bond motifs is 1. The van der Waals surface area contributed by atoms with E-state index in [2.05, 4.69) is 9.82 Å². The predicted molar refractivity (Wildman–Crippen MR) is 109 cm³/mol. The van der Waals surface area contributed by atoms with Gasteiger partial charge in [0.2, 0.25) is 0 Å². The first-order chi connectivity index (χ1) is 13.7. The van der Waals surface area contributed by atoms with Gasteiger partial charge in [-0.1, -0.05) is 6.92 Å². The summed E-state index contributed by atoms with van der Waals surface area (Å²) in [5, 5.41) is 5.12. The Hall–Kier alpha value is -2.98. The number of carbonyl (C=O) groups is 1. The van der Waals surface area contributed by atoms with Crippen molar-refractivity contribution in [3.8, 4) is 5.82 Å². The SMILES string of the molecule is CCCNS(=O)(=O)NC(=O)/C=C/c1c(C)nn(C)c1-n1ccc2cc(F)ccc21. The van der Waals surface area contributed by atoms with Crippen LogP contribution in [0.2, 0.25) is 0 Å². The number of aromatic nitrogens is 3. The number of hydrogen-bond donors (Lipinski definition) is 2. The van der Waals surface area contributed by atoms with Crippen LogP contribution >= 0.6 is 0 Å². The molecule has 1 amide bonds. The maximum absolute atomic E-state index is 13.5. The van der Waals surface area contributed by atoms with Gasteiger partial charge in [-0.05, 0) is 43.7 Å². The van der Waals surface area contributed by atoms with Crippen molar-refractivity contribution in [1.82, 2.24) is 23.8 Å². The molecule has 0 saturated carbocycles. The maximum atomic E-state index is 13.5. The Morgan fingerprint density at radius 3 is 2.79 bits per heavy atom. The first kappa shape index (κ1) is 20.7. The van der Waals surface area contributed by atoms with Crippen molar-refractivity contribution in [2.45, 2.75) is 20.3 Å². The number of rotatable bonds is 7. The lowest BCUT2D eigenvalue weighted by molar-refractivity contribution is -0.114. The fraction of sp³-hybridized carbons (Fsp3) is 0.263. The Kier molecular flexibility index (Phi) is 5.85. The molecule has 0 atom stereocenters. The van der Waals surface area contributed by atoms with E-state index in [1.54, 1.807) is 37.0 Å². The quantitative estimate of drug-likeness (QED) is 0.574. The van der Waals surface area contributed by atoms with Crippen LogP contribution in [-0.2, 0) is 22.1 Å². The van der Waals surface area contributed by atoms with E-state index in [0.29, 0.717) is 23.5 Å². The molecule has 154 valence electrons. The summed E-state index contributed by atoms with van der Waals surface area (Å²) < 4.78 is 44.8. The molecule has 0 saturated heterocycles. The second-order valence-corrected chi connectivity index (χ2v) is 8.03. The number of halogens is 1. The minimum absolute atomic E-state index is 0.236. The molecule has 0 unspecified atom stereocenters. The molecule has 2 N–H and O–H groups in total. The molecule has 0 fully saturated rings. The maximum Gasteiger partial charge on any atom is 0.301 e. The van der Waals surface area contributed by atoms with E-state index in [-0.39, 0.29) is 12.4 Å². The Morgan fingerprint density at radius 2 is 2.07 bits per heavy atom. The number of carbonyl (C=O) groups excluding carboxylic acids is 1. The Morgan fingerprint density at radius 1 is 1.31 bits per heavy atom. The van der Waals surface area contributed by atoms with E-state index in [4.69, 9.17) is 0 Å². The first-order valence-corrected chi connectivity index (χ1v) is 10.5. The molecule has 2 aromatic heterocycles. The van der Waals surface area contributed by atoms with E-state index in [0.717, 1.165) is 17.0 Å². The molecule has 0 aliphatic rings. The normalized spacial score (nSPS) is 12.1. The van der Waals surface area contributed by atoms with E-state index < -0.39 is 16.1 Å². The minimum Gasteiger partial charge on any atom is -0.301 e. The fourth-order valence-electron chi connectivity index (χ4n) is 3.04. The van der Waals surface area contributed by atoms with Crippen LogP contribution < -0.4 is 9.44 Å². The number of nitrogens with zero attached hydrogens (tertiary/aromatic N) is 3. The zero-order valence-corrected chi connectivity index (χ0v) is 17.1. The molecule has 0 aliphatic heterocycles. The molecule has 2 heterocycles. The van der Waals surface area contributed by atoms with Crippen molar-refractivity contribution >= 4 is 33.1 Å². The molecule has 3 aromatic rings. The second kappa shape index (κ2) is 8.18. The zero-order valence-electron chi connectivity index (χ0n) is 16.3. The largest absolute Gasteiger partial charge is 0.301 e. The standard InChI is InChI=1S/C19H22FN5O3S/c1-4-10-21-29(27,28)23-18(26)8-6-16-13(2)22-24(3)19(16)25-11-9-14-12-15(20)5-7-17(14)25/h5-9,11-12,21H,4,10H2,1-3H3,(H,23,26)/b8-6+. The lowest BCUT2D eigenvalue weighted by Gasteiger charge is -2.08. The summed E-state index contributed by atoms with van der Waals surface area (Å²) in [6, 6.07) is 6.26. The van der Waals surface area contributed by atoms with Crippen molar-refractivity contribution < 1.29 is 17.6 Å². The van der Waals surface area contributed by atoms with Gasteiger partial charge in [0.1, 0.15) is 11.6 Å². The Balaban J connectivity index is 1.93. The third-order valence-electron chi connectivity index (χ3n) is 4.30. The third-order valence-corrected chi connectivity index (χ3v) is 5.35. The van der Waals surface area contributed by atoms with Crippen LogP contribution in [-0.4, -0.2) is 35.2 Å². The van der Waals surface area contributed by atoms with Crippen LogP contribution in [0.15, 0.2) is 36.5 Å². The van der Waals surface area contributed by atoms with Crippen LogP contribution in [0.4, 0.5) is 4.39 Å². The van der Waals surface area contributed by atoms with Crippen molar-refractivity contribution in [2.75, 3.05) is 6.54 Å². The van der Waals surface area contributed by atoms with Gasteiger partial charge in [-0.3, -0.25) is 9.48 Å². The van der Waals surface area contributed by atoms with Crippen molar-refractivity contribution in [1.29, 1.82) is 0 Å². The highest BCUT2D eigenvalue weighted by Crippen LogP contribution is 2.26. The van der Waals surface area contributed by atoms with Gasteiger partial charge >= 0.3 is 10.2 Å². The summed E-state index contributed by atoms with van der Waals surface area (Å²) in [5.41, 5.74) is 2.07. The van der Waals surface area contributed by atoms with Gasteiger partial charge in [0.05, 0.1) is 11.2 Å². The van der Waals surface area contributed by atoms with Crippen molar-refractivity contribution in [3.63, 3.8) is 0 Å². The summed E-state index contributed by atoms with van der Waals surface area (Å²) in [5.74, 6) is -0.437. The van der Waals surface area contributed by atoms with Gasteiger partial charge < -0.3 is 4.57 Å². The van der Waals surface area contributed by atoms with Gasteiger partial charge in [0.15, 0.2) is 0 Å². The molecule has 3 rings (SSSR count). The molecule has 0 bridgehead atoms. The van der Waals surface area contributed by atoms with Crippen molar-refractivity contribution in [3.05, 3.63) is 53.6 Å². The molecule has 10 heteroatoms. The highest BCUT2D eigenvalue weighted by atomic mass is 32.2. The Bertz CT molecular complexity index is 1190. The summed E-state index contributed by atoms with van der Waals surface area (Å²) in [6.45, 7) is 3.84. The third kappa shape index (κ3) is 4.54. The molecule has 0 aliphatic carbocycles. The number of hydrogen-bond acceptors (Lipinski definition) is 4. The number of benzene rings is 1. The molecular formula is C19H22FN5O3S. The monoisotopic (exact) mass is 419 g/mol. The molecular weight excluding hydrogens is 397 g/mol. The Labute approximate surface area is 168 Å². The number of nitrogens with one attached hydrogen (secondary N) is 2. The minimum atomic E-state index is -3.90. The molecule has 29 heavy (non-hydrogen) atoms. The van der Waals surface area contributed by atoms with E-state index in [9.17, 15) is 17.6 Å². The highest BCUT2D eigenvalue weighted by Gasteiger charge is 2.16. The highest BCUT2D eigenvalue weighted by molar-refractivity contribution is 7.88. The molecule has 8 nitrogen and oxygen atoms in total. The van der Waals surface area contributed by atoms with Gasteiger partial charge in [0.25, 0.3) is 5.91 Å². The van der Waals surface area contributed by atoms with Crippen LogP contribution in [0, 0.1) is 12.7 Å². The van der Waals surface area contributed by atoms with Gasteiger partial charge in [-0.15, -0.1) is 0 Å². The molecule has 0 spiro atoms. The summed E-state index contributed by atoms with van der Waals surface area (Å²) in [6.07, 6.45) is 5.05. The lowest BCUT2D eigenvalue weighted by atomic mass is 10.2. The van der Waals surface area contributed by atoms with Crippen LogP contribution in [0.5, 0.6) is 0 Å². The summed E-state index contributed by atoms with van der Waals surface area (Å²) >= 11 is 0. The first-order valence-electron chi connectivity index (χ1n) is 9.02. The van der Waals surface area contributed by atoms with Gasteiger partial charge in [-0.2, -0.15) is 18.2 Å². The molecule has 1 aromatic carbocycles. The van der Waals surface area contributed by atoms with Gasteiger partial charge in [0, 0.05) is 36.8 Å². The summed E-state index contributed by atoms with van der Waals surface area (Å²) in [7, 11) is -2.14. The lowest BCUT2D eigenvalue weighted by Crippen LogP contribution is -2.39.